The molecule has 4 heteroatoms. The Bertz CT molecular complexity index is 483. The first kappa shape index (κ1) is 13.3. The van der Waals surface area contributed by atoms with E-state index in [-0.39, 0.29) is 6.04 Å². The standard InChI is InChI=1S/C15H21NO2S/c16-15(13-6-7-18-9-13)10-19(17)14-5-4-11-2-1-3-12(11)8-14/h4-5,8,13,15H,1-3,6-7,9-10,16H2. The minimum absolute atomic E-state index is 0.0170. The minimum Gasteiger partial charge on any atom is -0.381 e. The van der Waals surface area contributed by atoms with Crippen LogP contribution >= 0.6 is 0 Å². The molecule has 104 valence electrons. The lowest BCUT2D eigenvalue weighted by Crippen LogP contribution is -2.35. The van der Waals surface area contributed by atoms with Gasteiger partial charge in [0.15, 0.2) is 0 Å². The van der Waals surface area contributed by atoms with E-state index in [0.29, 0.717) is 11.7 Å². The molecule has 1 aliphatic carbocycles. The number of benzene rings is 1. The van der Waals surface area contributed by atoms with E-state index in [1.165, 1.54) is 24.0 Å². The van der Waals surface area contributed by atoms with Crippen molar-refractivity contribution in [2.24, 2.45) is 11.7 Å². The van der Waals surface area contributed by atoms with Crippen LogP contribution in [-0.4, -0.2) is 29.2 Å². The number of hydrogen-bond donors (Lipinski definition) is 1. The summed E-state index contributed by atoms with van der Waals surface area (Å²) in [6, 6.07) is 6.25. The molecular weight excluding hydrogens is 258 g/mol. The molecular formula is C15H21NO2S. The summed E-state index contributed by atoms with van der Waals surface area (Å²) in [5, 5.41) is 0. The van der Waals surface area contributed by atoms with Crippen LogP contribution in [-0.2, 0) is 28.4 Å². The molecule has 0 spiro atoms. The summed E-state index contributed by atoms with van der Waals surface area (Å²) < 4.78 is 17.7. The Morgan fingerprint density at radius 3 is 3.00 bits per heavy atom. The zero-order valence-electron chi connectivity index (χ0n) is 11.1. The van der Waals surface area contributed by atoms with E-state index < -0.39 is 10.8 Å². The normalized spacial score (nSPS) is 25.2. The average molecular weight is 279 g/mol. The maximum atomic E-state index is 12.4. The summed E-state index contributed by atoms with van der Waals surface area (Å²) in [7, 11) is -0.982. The van der Waals surface area contributed by atoms with Gasteiger partial charge in [0, 0.05) is 29.2 Å². The summed E-state index contributed by atoms with van der Waals surface area (Å²) in [5.41, 5.74) is 8.96. The van der Waals surface area contributed by atoms with E-state index in [1.54, 1.807) is 0 Å². The van der Waals surface area contributed by atoms with E-state index in [9.17, 15) is 4.21 Å². The Morgan fingerprint density at radius 1 is 1.37 bits per heavy atom. The van der Waals surface area contributed by atoms with Gasteiger partial charge in [-0.3, -0.25) is 4.21 Å². The highest BCUT2D eigenvalue weighted by Gasteiger charge is 2.25. The minimum atomic E-state index is -0.982. The number of ether oxygens (including phenoxy) is 1. The predicted octanol–water partition coefficient (Wildman–Crippen LogP) is 1.65. The summed E-state index contributed by atoms with van der Waals surface area (Å²) in [4.78, 5) is 0.940. The van der Waals surface area contributed by atoms with Crippen molar-refractivity contribution in [3.63, 3.8) is 0 Å². The number of nitrogens with two attached hydrogens (primary N) is 1. The molecule has 1 fully saturated rings. The van der Waals surface area contributed by atoms with Crippen molar-refractivity contribution in [1.29, 1.82) is 0 Å². The van der Waals surface area contributed by atoms with E-state index in [0.717, 1.165) is 31.0 Å². The Kier molecular flexibility index (Phi) is 4.01. The van der Waals surface area contributed by atoms with Crippen LogP contribution in [0.3, 0.4) is 0 Å². The van der Waals surface area contributed by atoms with Gasteiger partial charge in [-0.2, -0.15) is 0 Å². The molecule has 1 aromatic carbocycles. The predicted molar refractivity (Wildman–Crippen MR) is 76.6 cm³/mol. The Labute approximate surface area is 117 Å². The third-order valence-corrected chi connectivity index (χ3v) is 5.71. The average Bonchev–Trinajstić information content (AvgIpc) is 3.09. The fraction of sp³-hybridized carbons (Fsp3) is 0.600. The van der Waals surface area contributed by atoms with Crippen molar-refractivity contribution in [1.82, 2.24) is 0 Å². The molecule has 0 saturated carbocycles. The van der Waals surface area contributed by atoms with Crippen molar-refractivity contribution < 1.29 is 8.95 Å². The second-order valence-corrected chi connectivity index (χ2v) is 7.08. The van der Waals surface area contributed by atoms with Crippen LogP contribution in [0, 0.1) is 5.92 Å². The molecule has 19 heavy (non-hydrogen) atoms. The monoisotopic (exact) mass is 279 g/mol. The van der Waals surface area contributed by atoms with Gasteiger partial charge in [0.05, 0.1) is 17.4 Å². The SMILES string of the molecule is NC(CS(=O)c1ccc2c(c1)CCC2)C1CCOC1. The molecule has 1 aromatic rings. The molecule has 3 rings (SSSR count). The fourth-order valence-corrected chi connectivity index (χ4v) is 4.30. The van der Waals surface area contributed by atoms with Crippen molar-refractivity contribution >= 4 is 10.8 Å². The molecule has 0 aromatic heterocycles. The quantitative estimate of drug-likeness (QED) is 0.911. The molecule has 0 amide bonds. The van der Waals surface area contributed by atoms with Gasteiger partial charge in [0.25, 0.3) is 0 Å². The van der Waals surface area contributed by atoms with Gasteiger partial charge in [-0.1, -0.05) is 6.07 Å². The van der Waals surface area contributed by atoms with Crippen LogP contribution < -0.4 is 5.73 Å². The van der Waals surface area contributed by atoms with Crippen molar-refractivity contribution in [2.75, 3.05) is 19.0 Å². The van der Waals surface area contributed by atoms with Gasteiger partial charge < -0.3 is 10.5 Å². The molecule has 3 nitrogen and oxygen atoms in total. The smallest absolute Gasteiger partial charge is 0.0545 e. The van der Waals surface area contributed by atoms with Gasteiger partial charge in [-0.05, 0) is 48.9 Å². The van der Waals surface area contributed by atoms with Crippen LogP contribution in [0.15, 0.2) is 23.1 Å². The van der Waals surface area contributed by atoms with Crippen molar-refractivity contribution in [3.05, 3.63) is 29.3 Å². The highest BCUT2D eigenvalue weighted by Crippen LogP contribution is 2.25. The van der Waals surface area contributed by atoms with Crippen LogP contribution in [0.4, 0.5) is 0 Å². The summed E-state index contributed by atoms with van der Waals surface area (Å²) in [6.07, 6.45) is 4.52. The molecule has 1 aliphatic heterocycles. The number of hydrogen-bond acceptors (Lipinski definition) is 3. The van der Waals surface area contributed by atoms with Gasteiger partial charge >= 0.3 is 0 Å². The lowest BCUT2D eigenvalue weighted by Gasteiger charge is -2.17. The second kappa shape index (κ2) is 5.73. The number of rotatable bonds is 4. The first-order valence-corrected chi connectivity index (χ1v) is 8.39. The lowest BCUT2D eigenvalue weighted by molar-refractivity contribution is 0.182. The molecule has 1 heterocycles. The highest BCUT2D eigenvalue weighted by molar-refractivity contribution is 7.85. The van der Waals surface area contributed by atoms with Crippen LogP contribution in [0.1, 0.15) is 24.0 Å². The van der Waals surface area contributed by atoms with Crippen LogP contribution in [0.5, 0.6) is 0 Å². The van der Waals surface area contributed by atoms with E-state index in [1.807, 2.05) is 6.07 Å². The van der Waals surface area contributed by atoms with Gasteiger partial charge in [-0.15, -0.1) is 0 Å². The number of aryl methyl sites for hydroxylation is 2. The van der Waals surface area contributed by atoms with E-state index >= 15 is 0 Å². The second-order valence-electron chi connectivity index (χ2n) is 5.58. The maximum Gasteiger partial charge on any atom is 0.0545 e. The Balaban J connectivity index is 1.66. The van der Waals surface area contributed by atoms with Gasteiger partial charge in [-0.25, -0.2) is 0 Å². The fourth-order valence-electron chi connectivity index (χ4n) is 2.99. The molecule has 0 radical (unpaired) electrons. The van der Waals surface area contributed by atoms with Crippen molar-refractivity contribution in [3.8, 4) is 0 Å². The van der Waals surface area contributed by atoms with Gasteiger partial charge in [0.1, 0.15) is 0 Å². The molecule has 3 unspecified atom stereocenters. The topological polar surface area (TPSA) is 52.3 Å². The first-order valence-electron chi connectivity index (χ1n) is 7.07. The summed E-state index contributed by atoms with van der Waals surface area (Å²) >= 11 is 0. The number of fused-ring (bicyclic) bond motifs is 1. The van der Waals surface area contributed by atoms with E-state index in [4.69, 9.17) is 10.5 Å². The maximum absolute atomic E-state index is 12.4. The third-order valence-electron chi connectivity index (χ3n) is 4.25. The molecule has 2 N–H and O–H groups in total. The summed E-state index contributed by atoms with van der Waals surface area (Å²) in [5.74, 6) is 0.922. The molecule has 3 atom stereocenters. The molecule has 2 aliphatic rings. The zero-order chi connectivity index (χ0) is 13.2. The Morgan fingerprint density at radius 2 is 2.21 bits per heavy atom. The first-order chi connectivity index (χ1) is 9.24. The van der Waals surface area contributed by atoms with Crippen molar-refractivity contribution in [2.45, 2.75) is 36.6 Å². The highest BCUT2D eigenvalue weighted by atomic mass is 32.2. The Hall–Kier alpha value is -0.710. The lowest BCUT2D eigenvalue weighted by atomic mass is 10.0. The third kappa shape index (κ3) is 2.91. The zero-order valence-corrected chi connectivity index (χ0v) is 12.0. The largest absolute Gasteiger partial charge is 0.381 e. The molecule has 1 saturated heterocycles. The molecule has 0 bridgehead atoms. The van der Waals surface area contributed by atoms with Crippen LogP contribution in [0.2, 0.25) is 0 Å². The van der Waals surface area contributed by atoms with E-state index in [2.05, 4.69) is 12.1 Å². The summed E-state index contributed by atoms with van der Waals surface area (Å²) in [6.45, 7) is 1.52. The van der Waals surface area contributed by atoms with Gasteiger partial charge in [0.2, 0.25) is 0 Å². The van der Waals surface area contributed by atoms with Crippen LogP contribution in [0.25, 0.3) is 0 Å².